The second-order valence-electron chi connectivity index (χ2n) is 6.13. The number of hydrogen-bond acceptors (Lipinski definition) is 3. The van der Waals surface area contributed by atoms with Crippen molar-refractivity contribution in [2.45, 2.75) is 26.2 Å². The molecule has 2 aromatic carbocycles. The maximum atomic E-state index is 12.4. The molecule has 0 aromatic heterocycles. The number of carbonyl (C=O) groups is 2. The summed E-state index contributed by atoms with van der Waals surface area (Å²) in [4.78, 5) is 25.9. The maximum absolute atomic E-state index is 12.4. The third-order valence-corrected chi connectivity index (χ3v) is 4.42. The van der Waals surface area contributed by atoms with Crippen LogP contribution in [0.15, 0.2) is 42.5 Å². The van der Waals surface area contributed by atoms with E-state index in [9.17, 15) is 9.59 Å². The van der Waals surface area contributed by atoms with E-state index in [4.69, 9.17) is 4.74 Å². The van der Waals surface area contributed by atoms with E-state index < -0.39 is 0 Å². The number of aryl methyl sites for hydroxylation is 1. The Kier molecular flexibility index (Phi) is 5.03. The molecule has 1 heterocycles. The standard InChI is InChI=1S/C20H22N2O3/c1-14(23)22-12-11-16-6-4-8-18(20(16)22)21-19(24)10-9-15-5-3-7-17(13-15)25-2/h3-8,13H,9-12H2,1-2H3,(H,21,24). The van der Waals surface area contributed by atoms with Gasteiger partial charge in [0, 0.05) is 19.9 Å². The summed E-state index contributed by atoms with van der Waals surface area (Å²) in [6.45, 7) is 2.22. The Balaban J connectivity index is 1.68. The monoisotopic (exact) mass is 338 g/mol. The molecule has 5 nitrogen and oxygen atoms in total. The van der Waals surface area contributed by atoms with Gasteiger partial charge in [-0.25, -0.2) is 0 Å². The van der Waals surface area contributed by atoms with Crippen LogP contribution in [-0.2, 0) is 22.4 Å². The Labute approximate surface area is 147 Å². The van der Waals surface area contributed by atoms with Crippen molar-refractivity contribution in [3.8, 4) is 5.75 Å². The minimum absolute atomic E-state index is 0.00294. The topological polar surface area (TPSA) is 58.6 Å². The molecule has 0 saturated carbocycles. The van der Waals surface area contributed by atoms with Crippen molar-refractivity contribution in [1.29, 1.82) is 0 Å². The van der Waals surface area contributed by atoms with Crippen LogP contribution in [0.1, 0.15) is 24.5 Å². The SMILES string of the molecule is COc1cccc(CCC(=O)Nc2cccc3c2N(C(C)=O)CC3)c1. The van der Waals surface area contributed by atoms with Crippen molar-refractivity contribution < 1.29 is 14.3 Å². The molecule has 0 radical (unpaired) electrons. The van der Waals surface area contributed by atoms with E-state index in [2.05, 4.69) is 5.32 Å². The molecule has 25 heavy (non-hydrogen) atoms. The summed E-state index contributed by atoms with van der Waals surface area (Å²) in [5.41, 5.74) is 3.70. The minimum Gasteiger partial charge on any atom is -0.497 e. The van der Waals surface area contributed by atoms with Gasteiger partial charge in [-0.2, -0.15) is 0 Å². The van der Waals surface area contributed by atoms with Crippen LogP contribution in [0.5, 0.6) is 5.75 Å². The number of benzene rings is 2. The number of anilines is 2. The molecule has 0 bridgehead atoms. The highest BCUT2D eigenvalue weighted by Crippen LogP contribution is 2.35. The lowest BCUT2D eigenvalue weighted by Gasteiger charge is -2.19. The number of fused-ring (bicyclic) bond motifs is 1. The number of carbonyl (C=O) groups excluding carboxylic acids is 2. The van der Waals surface area contributed by atoms with Gasteiger partial charge in [-0.3, -0.25) is 9.59 Å². The summed E-state index contributed by atoms with van der Waals surface area (Å²) in [5, 5.41) is 2.96. The van der Waals surface area contributed by atoms with Crippen molar-refractivity contribution in [3.05, 3.63) is 53.6 Å². The first-order valence-electron chi connectivity index (χ1n) is 8.41. The molecular weight excluding hydrogens is 316 g/mol. The Morgan fingerprint density at radius 3 is 2.76 bits per heavy atom. The zero-order valence-corrected chi connectivity index (χ0v) is 14.5. The predicted molar refractivity (Wildman–Crippen MR) is 98.1 cm³/mol. The quantitative estimate of drug-likeness (QED) is 0.911. The molecule has 130 valence electrons. The molecule has 2 aromatic rings. The number of rotatable bonds is 5. The molecule has 0 atom stereocenters. The van der Waals surface area contributed by atoms with Crippen molar-refractivity contribution in [2.24, 2.45) is 0 Å². The number of methoxy groups -OCH3 is 1. The molecule has 2 amide bonds. The highest BCUT2D eigenvalue weighted by atomic mass is 16.5. The molecule has 5 heteroatoms. The first-order valence-corrected chi connectivity index (χ1v) is 8.41. The molecule has 0 spiro atoms. The highest BCUT2D eigenvalue weighted by Gasteiger charge is 2.25. The van der Waals surface area contributed by atoms with Gasteiger partial charge in [0.2, 0.25) is 11.8 Å². The summed E-state index contributed by atoms with van der Waals surface area (Å²) in [6.07, 6.45) is 1.83. The van der Waals surface area contributed by atoms with Crippen LogP contribution >= 0.6 is 0 Å². The number of hydrogen-bond donors (Lipinski definition) is 1. The lowest BCUT2D eigenvalue weighted by molar-refractivity contribution is -0.117. The normalized spacial score (nSPS) is 12.6. The molecule has 1 N–H and O–H groups in total. The Morgan fingerprint density at radius 2 is 2.00 bits per heavy atom. The van der Waals surface area contributed by atoms with Crippen LogP contribution in [0.2, 0.25) is 0 Å². The van der Waals surface area contributed by atoms with E-state index in [-0.39, 0.29) is 11.8 Å². The van der Waals surface area contributed by atoms with E-state index in [0.29, 0.717) is 25.1 Å². The van der Waals surface area contributed by atoms with Gasteiger partial charge in [-0.05, 0) is 42.2 Å². The van der Waals surface area contributed by atoms with Crippen LogP contribution in [0.4, 0.5) is 11.4 Å². The summed E-state index contributed by atoms with van der Waals surface area (Å²) < 4.78 is 5.20. The Morgan fingerprint density at radius 1 is 1.20 bits per heavy atom. The smallest absolute Gasteiger partial charge is 0.224 e. The average Bonchev–Trinajstić information content (AvgIpc) is 3.06. The van der Waals surface area contributed by atoms with Crippen molar-refractivity contribution in [1.82, 2.24) is 0 Å². The van der Waals surface area contributed by atoms with Gasteiger partial charge in [-0.15, -0.1) is 0 Å². The van der Waals surface area contributed by atoms with E-state index in [1.54, 1.807) is 18.9 Å². The third kappa shape index (κ3) is 3.82. The molecule has 0 fully saturated rings. The number of para-hydroxylation sites is 1. The molecule has 1 aliphatic heterocycles. The molecule has 1 aliphatic rings. The van der Waals surface area contributed by atoms with E-state index in [1.165, 1.54) is 0 Å². The lowest BCUT2D eigenvalue weighted by atomic mass is 10.1. The van der Waals surface area contributed by atoms with E-state index in [0.717, 1.165) is 29.0 Å². The summed E-state index contributed by atoms with van der Waals surface area (Å²) in [6, 6.07) is 13.5. The largest absolute Gasteiger partial charge is 0.497 e. The molecule has 0 aliphatic carbocycles. The highest BCUT2D eigenvalue weighted by molar-refractivity contribution is 6.02. The van der Waals surface area contributed by atoms with Crippen molar-refractivity contribution >= 4 is 23.2 Å². The second kappa shape index (κ2) is 7.38. The summed E-state index contributed by atoms with van der Waals surface area (Å²) in [7, 11) is 1.63. The lowest BCUT2D eigenvalue weighted by Crippen LogP contribution is -2.27. The summed E-state index contributed by atoms with van der Waals surface area (Å²) >= 11 is 0. The molecule has 0 unspecified atom stereocenters. The van der Waals surface area contributed by atoms with Crippen LogP contribution < -0.4 is 15.0 Å². The van der Waals surface area contributed by atoms with Crippen molar-refractivity contribution in [2.75, 3.05) is 23.9 Å². The Hall–Kier alpha value is -2.82. The van der Waals surface area contributed by atoms with Gasteiger partial charge in [0.25, 0.3) is 0 Å². The van der Waals surface area contributed by atoms with Crippen molar-refractivity contribution in [3.63, 3.8) is 0 Å². The fourth-order valence-electron chi connectivity index (χ4n) is 3.17. The maximum Gasteiger partial charge on any atom is 0.224 e. The zero-order chi connectivity index (χ0) is 17.8. The Bertz CT molecular complexity index is 801. The van der Waals surface area contributed by atoms with Crippen LogP contribution in [0.25, 0.3) is 0 Å². The fourth-order valence-corrected chi connectivity index (χ4v) is 3.17. The second-order valence-corrected chi connectivity index (χ2v) is 6.13. The fraction of sp³-hybridized carbons (Fsp3) is 0.300. The first kappa shape index (κ1) is 17.0. The molecule has 0 saturated heterocycles. The number of ether oxygens (including phenoxy) is 1. The molecular formula is C20H22N2O3. The summed E-state index contributed by atoms with van der Waals surface area (Å²) in [5.74, 6) is 0.722. The average molecular weight is 338 g/mol. The van der Waals surface area contributed by atoms with Crippen LogP contribution in [0, 0.1) is 0 Å². The van der Waals surface area contributed by atoms with Gasteiger partial charge >= 0.3 is 0 Å². The number of nitrogens with zero attached hydrogens (tertiary/aromatic N) is 1. The first-order chi connectivity index (χ1) is 12.1. The number of nitrogens with one attached hydrogen (secondary N) is 1. The predicted octanol–water partition coefficient (Wildman–Crippen LogP) is 3.18. The van der Waals surface area contributed by atoms with E-state index >= 15 is 0 Å². The molecule has 3 rings (SSSR count). The van der Waals surface area contributed by atoms with Gasteiger partial charge in [0.05, 0.1) is 18.5 Å². The van der Waals surface area contributed by atoms with Gasteiger partial charge in [0.15, 0.2) is 0 Å². The number of amides is 2. The van der Waals surface area contributed by atoms with E-state index in [1.807, 2.05) is 42.5 Å². The van der Waals surface area contributed by atoms with Crippen LogP contribution in [-0.4, -0.2) is 25.5 Å². The van der Waals surface area contributed by atoms with Gasteiger partial charge in [0.1, 0.15) is 5.75 Å². The minimum atomic E-state index is -0.0633. The third-order valence-electron chi connectivity index (χ3n) is 4.42. The van der Waals surface area contributed by atoms with Crippen LogP contribution in [0.3, 0.4) is 0 Å². The van der Waals surface area contributed by atoms with Gasteiger partial charge in [-0.1, -0.05) is 24.3 Å². The van der Waals surface area contributed by atoms with Gasteiger partial charge < -0.3 is 15.0 Å². The zero-order valence-electron chi connectivity index (χ0n) is 14.5.